The highest BCUT2D eigenvalue weighted by molar-refractivity contribution is 7.86. The van der Waals surface area contributed by atoms with Crippen LogP contribution in [-0.2, 0) is 11.0 Å². The number of nitrogens with one attached hydrogen (secondary N) is 1. The molecule has 0 saturated carbocycles. The molecule has 1 heterocycles. The maximum atomic E-state index is 12.0. The Balaban J connectivity index is 2.24. The van der Waals surface area contributed by atoms with Crippen molar-refractivity contribution in [1.82, 2.24) is 9.97 Å². The first-order valence-electron chi connectivity index (χ1n) is 4.58. The quantitative estimate of drug-likeness (QED) is 0.944. The number of aromatic nitrogens is 2. The molecule has 0 aliphatic rings. The van der Waals surface area contributed by atoms with Gasteiger partial charge in [0.1, 0.15) is 0 Å². The second kappa shape index (κ2) is 5.44. The van der Waals surface area contributed by atoms with E-state index in [1.165, 1.54) is 12.4 Å². The van der Waals surface area contributed by atoms with Crippen LogP contribution >= 0.6 is 23.2 Å². The van der Waals surface area contributed by atoms with E-state index in [2.05, 4.69) is 14.7 Å². The number of rotatable bonds is 3. The van der Waals surface area contributed by atoms with E-state index in [-0.39, 0.29) is 11.0 Å². The van der Waals surface area contributed by atoms with Crippen molar-refractivity contribution >= 4 is 40.0 Å². The summed E-state index contributed by atoms with van der Waals surface area (Å²) in [6.45, 7) is 0. The molecule has 0 bridgehead atoms. The van der Waals surface area contributed by atoms with Gasteiger partial charge in [-0.15, -0.1) is 0 Å². The Labute approximate surface area is 111 Å². The Bertz CT molecular complexity index is 565. The fourth-order valence-corrected chi connectivity index (χ4v) is 2.56. The molecular formula is C10H7Cl2N3OS. The van der Waals surface area contributed by atoms with Crippen LogP contribution < -0.4 is 4.72 Å². The van der Waals surface area contributed by atoms with Crippen molar-refractivity contribution in [2.75, 3.05) is 4.72 Å². The van der Waals surface area contributed by atoms with Crippen molar-refractivity contribution in [2.45, 2.75) is 4.90 Å². The number of benzene rings is 1. The average Bonchev–Trinajstić information content (AvgIpc) is 2.32. The average molecular weight is 288 g/mol. The number of hydrogen-bond acceptors (Lipinski definition) is 3. The molecule has 0 fully saturated rings. The molecule has 7 heteroatoms. The first-order chi connectivity index (χ1) is 8.18. The third-order valence-electron chi connectivity index (χ3n) is 1.88. The van der Waals surface area contributed by atoms with Crippen molar-refractivity contribution in [3.8, 4) is 0 Å². The van der Waals surface area contributed by atoms with E-state index in [9.17, 15) is 4.21 Å². The fraction of sp³-hybridized carbons (Fsp3) is 0. The van der Waals surface area contributed by atoms with Gasteiger partial charge in [0.15, 0.2) is 22.0 Å². The molecule has 1 aromatic heterocycles. The van der Waals surface area contributed by atoms with Crippen LogP contribution in [0.1, 0.15) is 0 Å². The van der Waals surface area contributed by atoms with Crippen LogP contribution in [0.3, 0.4) is 0 Å². The first kappa shape index (κ1) is 12.3. The lowest BCUT2D eigenvalue weighted by atomic mass is 10.4. The maximum absolute atomic E-state index is 12.0. The lowest BCUT2D eigenvalue weighted by Crippen LogP contribution is -2.07. The van der Waals surface area contributed by atoms with E-state index >= 15 is 0 Å². The van der Waals surface area contributed by atoms with Crippen molar-refractivity contribution < 1.29 is 4.21 Å². The molecule has 0 radical (unpaired) electrons. The van der Waals surface area contributed by atoms with Gasteiger partial charge in [-0.05, 0) is 12.1 Å². The predicted octanol–water partition coefficient (Wildman–Crippen LogP) is 2.92. The number of hydrogen-bond donors (Lipinski definition) is 1. The molecular weight excluding hydrogens is 281 g/mol. The topological polar surface area (TPSA) is 54.9 Å². The van der Waals surface area contributed by atoms with Gasteiger partial charge >= 0.3 is 0 Å². The second-order valence-corrected chi connectivity index (χ2v) is 4.94. The molecule has 0 aliphatic carbocycles. The second-order valence-electron chi connectivity index (χ2n) is 3.00. The molecule has 88 valence electrons. The van der Waals surface area contributed by atoms with E-state index in [1.807, 2.05) is 0 Å². The summed E-state index contributed by atoms with van der Waals surface area (Å²) in [5, 5.41) is 0.575. The molecule has 1 atom stereocenters. The molecule has 1 N–H and O–H groups in total. The fourth-order valence-electron chi connectivity index (χ4n) is 1.13. The Kier molecular flexibility index (Phi) is 3.93. The minimum atomic E-state index is -1.53. The maximum Gasteiger partial charge on any atom is 0.176 e. The van der Waals surface area contributed by atoms with Gasteiger partial charge in [-0.3, -0.25) is 4.72 Å². The van der Waals surface area contributed by atoms with E-state index in [0.29, 0.717) is 9.92 Å². The highest BCUT2D eigenvalue weighted by atomic mass is 35.5. The Morgan fingerprint density at radius 3 is 2.53 bits per heavy atom. The zero-order valence-corrected chi connectivity index (χ0v) is 10.8. The molecule has 4 nitrogen and oxygen atoms in total. The van der Waals surface area contributed by atoms with E-state index in [4.69, 9.17) is 23.2 Å². The van der Waals surface area contributed by atoms with Gasteiger partial charge in [0.05, 0.1) is 9.92 Å². The zero-order valence-electron chi connectivity index (χ0n) is 8.43. The van der Waals surface area contributed by atoms with Gasteiger partial charge in [-0.2, -0.15) is 0 Å². The highest BCUT2D eigenvalue weighted by Gasteiger charge is 2.10. The molecule has 2 rings (SSSR count). The van der Waals surface area contributed by atoms with E-state index < -0.39 is 11.0 Å². The summed E-state index contributed by atoms with van der Waals surface area (Å²) < 4.78 is 14.6. The van der Waals surface area contributed by atoms with Gasteiger partial charge in [0.25, 0.3) is 0 Å². The smallest absolute Gasteiger partial charge is 0.176 e. The van der Waals surface area contributed by atoms with Gasteiger partial charge < -0.3 is 0 Å². The molecule has 0 saturated heterocycles. The van der Waals surface area contributed by atoms with Crippen LogP contribution in [0.15, 0.2) is 41.6 Å². The number of anilines is 1. The minimum absolute atomic E-state index is 0.160. The molecule has 0 amide bonds. The van der Waals surface area contributed by atoms with E-state index in [0.717, 1.165) is 0 Å². The summed E-state index contributed by atoms with van der Waals surface area (Å²) in [5.74, 6) is 0.257. The summed E-state index contributed by atoms with van der Waals surface area (Å²) in [4.78, 5) is 8.22. The Morgan fingerprint density at radius 1 is 1.12 bits per heavy atom. The normalized spacial score (nSPS) is 12.1. The van der Waals surface area contributed by atoms with Crippen LogP contribution in [0.2, 0.25) is 10.2 Å². The minimum Gasteiger partial charge on any atom is -0.283 e. The summed E-state index contributed by atoms with van der Waals surface area (Å²) in [6, 6.07) is 6.84. The molecule has 1 aromatic carbocycles. The number of halogens is 2. The predicted molar refractivity (Wildman–Crippen MR) is 68.5 cm³/mol. The van der Waals surface area contributed by atoms with Crippen molar-refractivity contribution in [1.29, 1.82) is 0 Å². The van der Waals surface area contributed by atoms with Gasteiger partial charge in [-0.25, -0.2) is 14.2 Å². The van der Waals surface area contributed by atoms with Crippen LogP contribution in [0.5, 0.6) is 0 Å². The standard InChI is InChI=1S/C10H7Cl2N3OS/c11-7-3-1-2-4-8(7)17(16)15-10-9(12)13-5-6-14-10/h1-6H,(H,14,15). The van der Waals surface area contributed by atoms with E-state index in [1.54, 1.807) is 24.3 Å². The largest absolute Gasteiger partial charge is 0.283 e. The van der Waals surface area contributed by atoms with Crippen LogP contribution in [0.4, 0.5) is 5.82 Å². The van der Waals surface area contributed by atoms with Crippen molar-refractivity contribution in [2.24, 2.45) is 0 Å². The van der Waals surface area contributed by atoms with Gasteiger partial charge in [-0.1, -0.05) is 35.3 Å². The van der Waals surface area contributed by atoms with Gasteiger partial charge in [0, 0.05) is 12.4 Å². The monoisotopic (exact) mass is 287 g/mol. The van der Waals surface area contributed by atoms with Crippen molar-refractivity contribution in [3.63, 3.8) is 0 Å². The van der Waals surface area contributed by atoms with Crippen LogP contribution in [0.25, 0.3) is 0 Å². The molecule has 2 aromatic rings. The summed E-state index contributed by atoms with van der Waals surface area (Å²) in [7, 11) is -1.53. The Morgan fingerprint density at radius 2 is 1.82 bits per heavy atom. The molecule has 1 unspecified atom stereocenters. The van der Waals surface area contributed by atoms with Gasteiger partial charge in [0.2, 0.25) is 0 Å². The lowest BCUT2D eigenvalue weighted by molar-refractivity contribution is 0.686. The summed E-state index contributed by atoms with van der Waals surface area (Å²) in [6.07, 6.45) is 2.91. The van der Waals surface area contributed by atoms with Crippen LogP contribution in [-0.4, -0.2) is 14.2 Å². The lowest BCUT2D eigenvalue weighted by Gasteiger charge is -2.06. The third-order valence-corrected chi connectivity index (χ3v) is 3.73. The molecule has 17 heavy (non-hydrogen) atoms. The SMILES string of the molecule is O=S(Nc1nccnc1Cl)c1ccccc1Cl. The Hall–Kier alpha value is -1.17. The zero-order chi connectivity index (χ0) is 12.3. The molecule has 0 spiro atoms. The third kappa shape index (κ3) is 2.94. The summed E-state index contributed by atoms with van der Waals surface area (Å²) >= 11 is 11.7. The first-order valence-corrected chi connectivity index (χ1v) is 6.48. The highest BCUT2D eigenvalue weighted by Crippen LogP contribution is 2.22. The van der Waals surface area contributed by atoms with Crippen molar-refractivity contribution in [3.05, 3.63) is 46.8 Å². The molecule has 0 aliphatic heterocycles. The summed E-state index contributed by atoms with van der Waals surface area (Å²) in [5.41, 5.74) is 0. The van der Waals surface area contributed by atoms with Crippen LogP contribution in [0, 0.1) is 0 Å². The number of nitrogens with zero attached hydrogens (tertiary/aromatic N) is 2.